The summed E-state index contributed by atoms with van der Waals surface area (Å²) in [6, 6.07) is 0. The second-order valence-corrected chi connectivity index (χ2v) is 2.64. The maximum atomic E-state index is 10.8. The van der Waals surface area contributed by atoms with Crippen molar-refractivity contribution in [1.82, 2.24) is 0 Å². The summed E-state index contributed by atoms with van der Waals surface area (Å²) in [5, 5.41) is 12.4. The van der Waals surface area contributed by atoms with Crippen LogP contribution in [0.3, 0.4) is 0 Å². The molecule has 0 bridgehead atoms. The maximum Gasteiger partial charge on any atom is 0.293 e. The van der Waals surface area contributed by atoms with E-state index >= 15 is 0 Å². The van der Waals surface area contributed by atoms with Crippen LogP contribution in [-0.4, -0.2) is 5.37 Å². The van der Waals surface area contributed by atoms with Crippen molar-refractivity contribution in [2.24, 2.45) is 0 Å². The van der Waals surface area contributed by atoms with Gasteiger partial charge in [0.2, 0.25) is 0 Å². The summed E-state index contributed by atoms with van der Waals surface area (Å²) in [7, 11) is 0. The number of rotatable bonds is 1. The van der Waals surface area contributed by atoms with Crippen molar-refractivity contribution in [3.05, 3.63) is 34.3 Å². The van der Waals surface area contributed by atoms with Crippen LogP contribution in [0.5, 0.6) is 0 Å². The molecule has 11 heavy (non-hydrogen) atoms. The van der Waals surface area contributed by atoms with Gasteiger partial charge in [-0.1, -0.05) is 12.2 Å². The predicted molar refractivity (Wildman–Crippen MR) is 46.5 cm³/mol. The average molecular weight is 166 g/mol. The molecule has 0 aliphatic rings. The molecule has 0 spiro atoms. The van der Waals surface area contributed by atoms with Gasteiger partial charge < -0.3 is 5.21 Å². The number of pyridine rings is 1. The molecule has 1 aromatic heterocycles. The normalized spacial score (nSPS) is 9.64. The average Bonchev–Trinajstić information content (AvgIpc) is 1.85. The minimum Gasteiger partial charge on any atom is -0.618 e. The van der Waals surface area contributed by atoms with Crippen molar-refractivity contribution in [3.63, 3.8) is 0 Å². The van der Waals surface area contributed by atoms with Gasteiger partial charge in [0.25, 0.3) is 6.20 Å². The zero-order valence-electron chi connectivity index (χ0n) is 6.42. The molecule has 57 valence electrons. The maximum absolute atomic E-state index is 10.8. The van der Waals surface area contributed by atoms with Crippen molar-refractivity contribution in [1.29, 1.82) is 0 Å². The van der Waals surface area contributed by atoms with Gasteiger partial charge in [0, 0.05) is 22.1 Å². The molecule has 0 amide bonds. The molecule has 2 nitrogen and oxygen atoms in total. The highest BCUT2D eigenvalue weighted by Gasteiger charge is 2.05. The SMILES string of the molecule is Cc1[c][n+]([O-])cc(C)c1C=S. The van der Waals surface area contributed by atoms with Crippen molar-refractivity contribution in [3.8, 4) is 0 Å². The van der Waals surface area contributed by atoms with Crippen LogP contribution in [0.4, 0.5) is 0 Å². The highest BCUT2D eigenvalue weighted by atomic mass is 32.1. The number of nitrogens with zero attached hydrogens (tertiary/aromatic N) is 1. The third-order valence-corrected chi connectivity index (χ3v) is 1.77. The van der Waals surface area contributed by atoms with E-state index in [1.807, 2.05) is 13.8 Å². The van der Waals surface area contributed by atoms with Gasteiger partial charge in [-0.2, -0.15) is 4.73 Å². The van der Waals surface area contributed by atoms with E-state index in [0.717, 1.165) is 16.7 Å². The van der Waals surface area contributed by atoms with E-state index in [2.05, 4.69) is 6.20 Å². The predicted octanol–water partition coefficient (Wildman–Crippen LogP) is 1.08. The Hall–Kier alpha value is -0.960. The first kappa shape index (κ1) is 8.14. The Morgan fingerprint density at radius 1 is 1.64 bits per heavy atom. The lowest BCUT2D eigenvalue weighted by atomic mass is 10.1. The highest BCUT2D eigenvalue weighted by molar-refractivity contribution is 7.79. The van der Waals surface area contributed by atoms with Crippen molar-refractivity contribution < 1.29 is 4.73 Å². The van der Waals surface area contributed by atoms with Crippen LogP contribution in [0.1, 0.15) is 16.7 Å². The Morgan fingerprint density at radius 3 is 2.73 bits per heavy atom. The largest absolute Gasteiger partial charge is 0.618 e. The minimum absolute atomic E-state index is 0.674. The summed E-state index contributed by atoms with van der Waals surface area (Å²) in [4.78, 5) is 0. The molecule has 0 saturated carbocycles. The van der Waals surface area contributed by atoms with E-state index in [4.69, 9.17) is 12.2 Å². The number of aryl methyl sites for hydroxylation is 2. The van der Waals surface area contributed by atoms with Crippen LogP contribution >= 0.6 is 12.2 Å². The Kier molecular flexibility index (Phi) is 2.19. The van der Waals surface area contributed by atoms with E-state index in [-0.39, 0.29) is 0 Å². The molecule has 1 heterocycles. The lowest BCUT2D eigenvalue weighted by molar-refractivity contribution is -0.610. The fourth-order valence-corrected chi connectivity index (χ4v) is 1.34. The second kappa shape index (κ2) is 2.96. The number of hydrogen-bond donors (Lipinski definition) is 0. The van der Waals surface area contributed by atoms with Gasteiger partial charge in [0.05, 0.1) is 0 Å². The van der Waals surface area contributed by atoms with Crippen LogP contribution in [0, 0.1) is 25.3 Å². The first-order chi connectivity index (χ1) is 5.15. The topological polar surface area (TPSA) is 26.9 Å². The molecule has 0 atom stereocenters. The minimum atomic E-state index is 0.674. The summed E-state index contributed by atoms with van der Waals surface area (Å²) in [5.74, 6) is 0. The third kappa shape index (κ3) is 1.54. The second-order valence-electron chi connectivity index (χ2n) is 2.41. The van der Waals surface area contributed by atoms with Crippen LogP contribution < -0.4 is 4.73 Å². The molecule has 0 aliphatic heterocycles. The van der Waals surface area contributed by atoms with Gasteiger partial charge in [-0.25, -0.2) is 0 Å². The Labute approximate surface area is 71.1 Å². The summed E-state index contributed by atoms with van der Waals surface area (Å²) in [6.07, 6.45) is 4.06. The van der Waals surface area contributed by atoms with E-state index in [0.29, 0.717) is 4.73 Å². The molecule has 1 aromatic rings. The Balaban J connectivity index is 3.36. The zero-order chi connectivity index (χ0) is 8.43. The van der Waals surface area contributed by atoms with Crippen molar-refractivity contribution >= 4 is 17.6 Å². The summed E-state index contributed by atoms with van der Waals surface area (Å²) in [6.45, 7) is 3.67. The summed E-state index contributed by atoms with van der Waals surface area (Å²) in [5.41, 5.74) is 2.62. The number of hydrogen-bond acceptors (Lipinski definition) is 2. The molecule has 0 N–H and O–H groups in total. The monoisotopic (exact) mass is 166 g/mol. The van der Waals surface area contributed by atoms with Gasteiger partial charge >= 0.3 is 0 Å². The van der Waals surface area contributed by atoms with Gasteiger partial charge in [0.1, 0.15) is 0 Å². The van der Waals surface area contributed by atoms with Crippen molar-refractivity contribution in [2.45, 2.75) is 13.8 Å². The molecule has 1 rings (SSSR count). The molecule has 0 fully saturated rings. The van der Waals surface area contributed by atoms with E-state index in [1.54, 1.807) is 5.37 Å². The fourth-order valence-electron chi connectivity index (χ4n) is 0.980. The van der Waals surface area contributed by atoms with Crippen LogP contribution in [0.25, 0.3) is 0 Å². The van der Waals surface area contributed by atoms with Crippen LogP contribution in [-0.2, 0) is 0 Å². The van der Waals surface area contributed by atoms with E-state index in [9.17, 15) is 5.21 Å². The molecule has 0 aromatic carbocycles. The number of aromatic nitrogens is 1. The van der Waals surface area contributed by atoms with Gasteiger partial charge in [0.15, 0.2) is 6.20 Å². The lowest BCUT2D eigenvalue weighted by Gasteiger charge is -2.01. The standard InChI is InChI=1S/C8H8NOS/c1-6-3-9(10)4-7(2)8(6)5-11/h3,5H,1-2H3. The van der Waals surface area contributed by atoms with Crippen LogP contribution in [0.15, 0.2) is 6.20 Å². The Morgan fingerprint density at radius 2 is 2.27 bits per heavy atom. The zero-order valence-corrected chi connectivity index (χ0v) is 7.23. The molecular weight excluding hydrogens is 158 g/mol. The first-order valence-corrected chi connectivity index (χ1v) is 3.70. The summed E-state index contributed by atoms with van der Waals surface area (Å²) >= 11 is 4.78. The first-order valence-electron chi connectivity index (χ1n) is 3.23. The molecular formula is C8H8NOS. The molecule has 0 saturated heterocycles. The van der Waals surface area contributed by atoms with Gasteiger partial charge in [-0.05, 0) is 13.8 Å². The Bertz CT molecular complexity index is 273. The quantitative estimate of drug-likeness (QED) is 0.354. The van der Waals surface area contributed by atoms with E-state index < -0.39 is 0 Å². The fraction of sp³-hybridized carbons (Fsp3) is 0.250. The molecule has 0 unspecified atom stereocenters. The van der Waals surface area contributed by atoms with Crippen molar-refractivity contribution in [2.75, 3.05) is 0 Å². The smallest absolute Gasteiger partial charge is 0.293 e. The van der Waals surface area contributed by atoms with Gasteiger partial charge in [-0.15, -0.1) is 0 Å². The highest BCUT2D eigenvalue weighted by Crippen LogP contribution is 2.06. The van der Waals surface area contributed by atoms with E-state index in [1.165, 1.54) is 6.20 Å². The molecule has 1 radical (unpaired) electrons. The molecule has 0 aliphatic carbocycles. The summed E-state index contributed by atoms with van der Waals surface area (Å²) < 4.78 is 0.674. The lowest BCUT2D eigenvalue weighted by Crippen LogP contribution is -2.27. The van der Waals surface area contributed by atoms with Crippen LogP contribution in [0.2, 0.25) is 0 Å². The van der Waals surface area contributed by atoms with Gasteiger partial charge in [-0.3, -0.25) is 0 Å². The molecule has 3 heteroatoms. The third-order valence-electron chi connectivity index (χ3n) is 1.54. The number of thiocarbonyl (C=S) groups is 1.